The lowest BCUT2D eigenvalue weighted by molar-refractivity contribution is 0.221. The Morgan fingerprint density at radius 3 is 2.60 bits per heavy atom. The lowest BCUT2D eigenvalue weighted by atomic mass is 10.1. The first-order valence-corrected chi connectivity index (χ1v) is 7.70. The fourth-order valence-corrected chi connectivity index (χ4v) is 3.23. The van der Waals surface area contributed by atoms with Crippen LogP contribution in [0.15, 0.2) is 24.4 Å². The SMILES string of the molecule is CC(C)n1cc(CN2CCCCC2)c2cc(O)ccc21. The lowest BCUT2D eigenvalue weighted by Crippen LogP contribution is -2.28. The van der Waals surface area contributed by atoms with E-state index in [9.17, 15) is 5.11 Å². The molecule has 0 bridgehead atoms. The minimum atomic E-state index is 0.360. The second-order valence-electron chi connectivity index (χ2n) is 6.19. The van der Waals surface area contributed by atoms with Crippen molar-refractivity contribution < 1.29 is 5.11 Å². The summed E-state index contributed by atoms with van der Waals surface area (Å²) < 4.78 is 2.31. The highest BCUT2D eigenvalue weighted by atomic mass is 16.3. The van der Waals surface area contributed by atoms with Crippen LogP contribution in [0.3, 0.4) is 0 Å². The van der Waals surface area contributed by atoms with E-state index in [0.29, 0.717) is 11.8 Å². The topological polar surface area (TPSA) is 28.4 Å². The first-order valence-electron chi connectivity index (χ1n) is 7.70. The molecule has 2 aromatic rings. The third-order valence-electron chi connectivity index (χ3n) is 4.30. The van der Waals surface area contributed by atoms with Crippen LogP contribution in [0.25, 0.3) is 10.9 Å². The summed E-state index contributed by atoms with van der Waals surface area (Å²) >= 11 is 0. The van der Waals surface area contributed by atoms with Gasteiger partial charge < -0.3 is 9.67 Å². The van der Waals surface area contributed by atoms with E-state index < -0.39 is 0 Å². The molecule has 0 aliphatic carbocycles. The molecule has 0 amide bonds. The van der Waals surface area contributed by atoms with Crippen LogP contribution >= 0.6 is 0 Å². The van der Waals surface area contributed by atoms with Crippen LogP contribution in [-0.4, -0.2) is 27.7 Å². The van der Waals surface area contributed by atoms with Crippen molar-refractivity contribution >= 4 is 10.9 Å². The van der Waals surface area contributed by atoms with Crippen molar-refractivity contribution in [3.63, 3.8) is 0 Å². The van der Waals surface area contributed by atoms with Gasteiger partial charge in [-0.15, -0.1) is 0 Å². The van der Waals surface area contributed by atoms with Crippen LogP contribution in [0.1, 0.15) is 44.7 Å². The minimum Gasteiger partial charge on any atom is -0.508 e. The van der Waals surface area contributed by atoms with Crippen molar-refractivity contribution in [2.24, 2.45) is 0 Å². The molecule has 1 aromatic heterocycles. The average molecular weight is 272 g/mol. The van der Waals surface area contributed by atoms with Crippen LogP contribution in [0.5, 0.6) is 5.75 Å². The number of hydrogen-bond acceptors (Lipinski definition) is 2. The monoisotopic (exact) mass is 272 g/mol. The molecule has 1 aliphatic heterocycles. The number of likely N-dealkylation sites (tertiary alicyclic amines) is 1. The number of phenols is 1. The van der Waals surface area contributed by atoms with Gasteiger partial charge in [-0.05, 0) is 63.5 Å². The van der Waals surface area contributed by atoms with Crippen molar-refractivity contribution in [3.8, 4) is 5.75 Å². The first-order chi connectivity index (χ1) is 9.65. The van der Waals surface area contributed by atoms with Gasteiger partial charge in [0.05, 0.1) is 0 Å². The van der Waals surface area contributed by atoms with Gasteiger partial charge in [-0.3, -0.25) is 4.90 Å². The normalized spacial score (nSPS) is 17.1. The van der Waals surface area contributed by atoms with Gasteiger partial charge in [0.25, 0.3) is 0 Å². The summed E-state index contributed by atoms with van der Waals surface area (Å²) in [5.41, 5.74) is 2.57. The van der Waals surface area contributed by atoms with E-state index in [0.717, 1.165) is 6.54 Å². The molecule has 1 N–H and O–H groups in total. The molecule has 1 aromatic carbocycles. The van der Waals surface area contributed by atoms with E-state index in [1.807, 2.05) is 12.1 Å². The highest BCUT2D eigenvalue weighted by Crippen LogP contribution is 2.29. The number of hydrogen-bond donors (Lipinski definition) is 1. The Hall–Kier alpha value is -1.48. The molecule has 0 atom stereocenters. The van der Waals surface area contributed by atoms with Gasteiger partial charge in [-0.1, -0.05) is 6.42 Å². The molecule has 0 radical (unpaired) electrons. The number of benzene rings is 1. The largest absolute Gasteiger partial charge is 0.508 e. The first kappa shape index (κ1) is 13.5. The Bertz CT molecular complexity index is 594. The molecule has 0 unspecified atom stereocenters. The van der Waals surface area contributed by atoms with Gasteiger partial charge in [0.15, 0.2) is 0 Å². The summed E-state index contributed by atoms with van der Waals surface area (Å²) in [5, 5.41) is 11.0. The lowest BCUT2D eigenvalue weighted by Gasteiger charge is -2.26. The Balaban J connectivity index is 1.98. The van der Waals surface area contributed by atoms with E-state index in [4.69, 9.17) is 0 Å². The van der Waals surface area contributed by atoms with Crippen LogP contribution in [0.4, 0.5) is 0 Å². The van der Waals surface area contributed by atoms with Gasteiger partial charge in [0.2, 0.25) is 0 Å². The summed E-state index contributed by atoms with van der Waals surface area (Å²) in [7, 11) is 0. The van der Waals surface area contributed by atoms with E-state index >= 15 is 0 Å². The standard InChI is InChI=1S/C17H24N2O/c1-13(2)19-12-14(11-18-8-4-3-5-9-18)16-10-15(20)6-7-17(16)19/h6-7,10,12-13,20H,3-5,8-9,11H2,1-2H3. The fourth-order valence-electron chi connectivity index (χ4n) is 3.23. The maximum Gasteiger partial charge on any atom is 0.116 e. The molecular formula is C17H24N2O. The molecule has 20 heavy (non-hydrogen) atoms. The van der Waals surface area contributed by atoms with Crippen molar-refractivity contribution in [1.29, 1.82) is 0 Å². The minimum absolute atomic E-state index is 0.360. The molecule has 2 heterocycles. The Morgan fingerprint density at radius 2 is 1.90 bits per heavy atom. The maximum absolute atomic E-state index is 9.79. The summed E-state index contributed by atoms with van der Waals surface area (Å²) in [4.78, 5) is 2.53. The summed E-state index contributed by atoms with van der Waals surface area (Å²) in [6, 6.07) is 6.17. The molecule has 108 valence electrons. The van der Waals surface area contributed by atoms with Crippen LogP contribution in [0.2, 0.25) is 0 Å². The zero-order valence-corrected chi connectivity index (χ0v) is 12.5. The predicted octanol–water partition coefficient (Wildman–Crippen LogP) is 3.91. The number of nitrogens with zero attached hydrogens (tertiary/aromatic N) is 2. The molecule has 1 aliphatic rings. The second-order valence-corrected chi connectivity index (χ2v) is 6.19. The average Bonchev–Trinajstić information content (AvgIpc) is 2.78. The van der Waals surface area contributed by atoms with Crippen molar-refractivity contribution in [2.75, 3.05) is 13.1 Å². The molecule has 3 nitrogen and oxygen atoms in total. The van der Waals surface area contributed by atoms with E-state index in [1.165, 1.54) is 48.8 Å². The third-order valence-corrected chi connectivity index (χ3v) is 4.30. The third kappa shape index (κ3) is 2.55. The number of phenolic OH excluding ortho intramolecular Hbond substituents is 1. The Kier molecular flexibility index (Phi) is 3.70. The molecule has 0 spiro atoms. The molecule has 0 saturated carbocycles. The molecule has 3 heteroatoms. The smallest absolute Gasteiger partial charge is 0.116 e. The molecule has 1 saturated heterocycles. The van der Waals surface area contributed by atoms with E-state index in [1.54, 1.807) is 6.07 Å². The number of rotatable bonds is 3. The highest BCUT2D eigenvalue weighted by Gasteiger charge is 2.16. The fraction of sp³-hybridized carbons (Fsp3) is 0.529. The summed E-state index contributed by atoms with van der Waals surface area (Å²) in [5.74, 6) is 0.360. The van der Waals surface area contributed by atoms with E-state index in [2.05, 4.69) is 29.5 Å². The van der Waals surface area contributed by atoms with Crippen LogP contribution < -0.4 is 0 Å². The van der Waals surface area contributed by atoms with E-state index in [-0.39, 0.29) is 0 Å². The van der Waals surface area contributed by atoms with Crippen molar-refractivity contribution in [1.82, 2.24) is 9.47 Å². The van der Waals surface area contributed by atoms with Crippen LogP contribution in [0, 0.1) is 0 Å². The predicted molar refractivity (Wildman–Crippen MR) is 83.1 cm³/mol. The zero-order chi connectivity index (χ0) is 14.1. The van der Waals surface area contributed by atoms with Gasteiger partial charge >= 0.3 is 0 Å². The zero-order valence-electron chi connectivity index (χ0n) is 12.5. The van der Waals surface area contributed by atoms with Crippen molar-refractivity contribution in [2.45, 2.75) is 45.7 Å². The Labute approximate surface area is 120 Å². The van der Waals surface area contributed by atoms with Gasteiger partial charge in [-0.25, -0.2) is 0 Å². The molecule has 3 rings (SSSR count). The summed E-state index contributed by atoms with van der Waals surface area (Å²) in [6.45, 7) is 7.81. The number of aromatic nitrogens is 1. The maximum atomic E-state index is 9.79. The van der Waals surface area contributed by atoms with Crippen LogP contribution in [-0.2, 0) is 6.54 Å². The number of piperidine rings is 1. The summed E-state index contributed by atoms with van der Waals surface area (Å²) in [6.07, 6.45) is 6.26. The Morgan fingerprint density at radius 1 is 1.15 bits per heavy atom. The van der Waals surface area contributed by atoms with Gasteiger partial charge in [-0.2, -0.15) is 0 Å². The molecular weight excluding hydrogens is 248 g/mol. The number of aromatic hydroxyl groups is 1. The van der Waals surface area contributed by atoms with Gasteiger partial charge in [0, 0.05) is 29.7 Å². The number of fused-ring (bicyclic) bond motifs is 1. The van der Waals surface area contributed by atoms with Crippen molar-refractivity contribution in [3.05, 3.63) is 30.0 Å². The van der Waals surface area contributed by atoms with Gasteiger partial charge in [0.1, 0.15) is 5.75 Å². The molecule has 1 fully saturated rings. The second kappa shape index (κ2) is 5.49. The highest BCUT2D eigenvalue weighted by molar-refractivity contribution is 5.85. The quantitative estimate of drug-likeness (QED) is 0.917.